The molecule has 0 bridgehead atoms. The minimum atomic E-state index is -4.13. The van der Waals surface area contributed by atoms with Crippen LogP contribution < -0.4 is 19.8 Å². The molecule has 6 aromatic rings. The lowest BCUT2D eigenvalue weighted by Crippen LogP contribution is -2.28. The number of rotatable bonds is 21. The molecule has 4 aromatic carbocycles. The van der Waals surface area contributed by atoms with Crippen LogP contribution in [0.4, 0.5) is 33.0 Å². The number of nitrogens with zero attached hydrogens (tertiary/aromatic N) is 6. The molecule has 20 heteroatoms. The number of azo groups is 2. The first-order valence-electron chi connectivity index (χ1n) is 19.5. The lowest BCUT2D eigenvalue weighted by atomic mass is 10.2. The summed E-state index contributed by atoms with van der Waals surface area (Å²) in [6, 6.07) is 32.5. The zero-order valence-corrected chi connectivity index (χ0v) is 37.6. The fourth-order valence-electron chi connectivity index (χ4n) is 5.14. The van der Waals surface area contributed by atoms with Gasteiger partial charge in [0.05, 0.1) is 81.5 Å². The van der Waals surface area contributed by atoms with Crippen LogP contribution in [-0.4, -0.2) is 65.5 Å². The van der Waals surface area contributed by atoms with E-state index < -0.39 is 31.7 Å². The van der Waals surface area contributed by atoms with Gasteiger partial charge in [-0.05, 0) is 106 Å². The number of hydrogen-bond acceptors (Lipinski definition) is 16. The van der Waals surface area contributed by atoms with Crippen LogP contribution in [0.25, 0.3) is 0 Å². The van der Waals surface area contributed by atoms with Crippen LogP contribution in [-0.2, 0) is 54.3 Å². The molecule has 0 amide bonds. The second kappa shape index (κ2) is 26.9. The topological polar surface area (TPSA) is 214 Å². The molecule has 0 atom stereocenters. The van der Waals surface area contributed by atoms with Crippen molar-refractivity contribution in [2.24, 2.45) is 20.5 Å². The Kier molecular flexibility index (Phi) is 21.4. The summed E-state index contributed by atoms with van der Waals surface area (Å²) in [7, 11) is -8.25. The van der Waals surface area contributed by atoms with Crippen molar-refractivity contribution in [1.82, 2.24) is 0 Å². The lowest BCUT2D eigenvalue weighted by Gasteiger charge is -2.09. The van der Waals surface area contributed by atoms with Gasteiger partial charge in [-0.25, -0.2) is 26.0 Å². The number of anilines is 2. The number of thiazole rings is 2. The highest BCUT2D eigenvalue weighted by Gasteiger charge is 2.10. The SMILES string of the molecule is CC[n+]1ccsc1N=Nc1ccc(NCCOCCOCCNc2ccc(N=Nc3scc[n+]3CC)cc2)cc1.O=S(=O)([O-])Cc1ccccc1.O=S(=O)([O-])Cc1ccccc1. The number of ether oxygens (including phenoxy) is 2. The Hall–Kier alpha value is -5.32. The van der Waals surface area contributed by atoms with Crippen molar-refractivity contribution in [3.63, 3.8) is 0 Å². The van der Waals surface area contributed by atoms with Crippen molar-refractivity contribution in [2.75, 3.05) is 50.2 Å². The van der Waals surface area contributed by atoms with Gasteiger partial charge in [-0.1, -0.05) is 60.7 Å². The Labute approximate surface area is 371 Å². The van der Waals surface area contributed by atoms with Crippen molar-refractivity contribution in [1.29, 1.82) is 0 Å². The van der Waals surface area contributed by atoms with Gasteiger partial charge in [0.2, 0.25) is 0 Å². The summed E-state index contributed by atoms with van der Waals surface area (Å²) in [5, 5.41) is 29.8. The normalized spacial score (nSPS) is 11.5. The van der Waals surface area contributed by atoms with Crippen LogP contribution in [0.1, 0.15) is 25.0 Å². The van der Waals surface area contributed by atoms with Crippen molar-refractivity contribution in [2.45, 2.75) is 38.4 Å². The smallest absolute Gasteiger partial charge is 0.408 e. The van der Waals surface area contributed by atoms with E-state index in [0.29, 0.717) is 37.6 Å². The molecule has 0 spiro atoms. The monoisotopic (exact) mass is 922 g/mol. The summed E-state index contributed by atoms with van der Waals surface area (Å²) >= 11 is 3.16. The van der Waals surface area contributed by atoms with Crippen LogP contribution in [0, 0.1) is 0 Å². The molecule has 2 N–H and O–H groups in total. The van der Waals surface area contributed by atoms with Crippen LogP contribution in [0.2, 0.25) is 0 Å². The molecule has 0 aliphatic carbocycles. The minimum absolute atomic E-state index is 0.423. The maximum atomic E-state index is 10.2. The van der Waals surface area contributed by atoms with E-state index in [1.807, 2.05) is 71.7 Å². The maximum Gasteiger partial charge on any atom is 0.408 e. The highest BCUT2D eigenvalue weighted by atomic mass is 32.2. The minimum Gasteiger partial charge on any atom is -0.748 e. The van der Waals surface area contributed by atoms with Gasteiger partial charge in [-0.15, -0.1) is 0 Å². The van der Waals surface area contributed by atoms with E-state index in [-0.39, 0.29) is 0 Å². The predicted octanol–water partition coefficient (Wildman–Crippen LogP) is 8.28. The summed E-state index contributed by atoms with van der Waals surface area (Å²) in [6.45, 7) is 9.70. The van der Waals surface area contributed by atoms with Gasteiger partial charge in [0, 0.05) is 35.2 Å². The molecule has 0 saturated heterocycles. The second-order valence-corrected chi connectivity index (χ2v) is 17.4. The third-order valence-corrected chi connectivity index (χ3v) is 11.1. The Morgan fingerprint density at radius 2 is 0.903 bits per heavy atom. The van der Waals surface area contributed by atoms with E-state index >= 15 is 0 Å². The number of benzene rings is 4. The van der Waals surface area contributed by atoms with Crippen LogP contribution in [0.15, 0.2) is 153 Å². The quantitative estimate of drug-likeness (QED) is 0.0305. The zero-order valence-electron chi connectivity index (χ0n) is 34.4. The van der Waals surface area contributed by atoms with Gasteiger partial charge >= 0.3 is 10.3 Å². The molecule has 0 fully saturated rings. The molecule has 0 saturated carbocycles. The molecular formula is C42H50N8O8S4. The molecule has 0 aliphatic heterocycles. The van der Waals surface area contributed by atoms with Crippen molar-refractivity contribution >= 4 is 75.9 Å². The molecular weight excluding hydrogens is 873 g/mol. The van der Waals surface area contributed by atoms with E-state index in [4.69, 9.17) is 9.47 Å². The Morgan fingerprint density at radius 3 is 1.24 bits per heavy atom. The molecule has 0 unspecified atom stereocenters. The summed E-state index contributed by atoms with van der Waals surface area (Å²) < 4.78 is 76.9. The molecule has 330 valence electrons. The zero-order chi connectivity index (χ0) is 44.5. The lowest BCUT2D eigenvalue weighted by molar-refractivity contribution is -0.677. The highest BCUT2D eigenvalue weighted by molar-refractivity contribution is 7.85. The highest BCUT2D eigenvalue weighted by Crippen LogP contribution is 2.22. The number of aromatic nitrogens is 2. The summed E-state index contributed by atoms with van der Waals surface area (Å²) in [4.78, 5) is 0. The average Bonchev–Trinajstić information content (AvgIpc) is 3.93. The van der Waals surface area contributed by atoms with Crippen LogP contribution in [0.5, 0.6) is 0 Å². The Bertz CT molecular complexity index is 2280. The number of aryl methyl sites for hydroxylation is 2. The number of nitrogens with one attached hydrogen (secondary N) is 2. The standard InChI is InChI=1S/C28H34N8O2S2.2C7H8O3S/c1-3-35-15-21-39-27(35)33-31-25-9-5-23(6-10-25)29-13-17-37-19-20-38-18-14-30-24-7-11-26(12-8-24)32-34-28-36(4-2)16-22-40-28;2*8-11(9,10)6-7-4-2-1-3-5-7/h5-12,15-16,21-22H,3-4,13-14,17-20H2,1-2H3;2*1-5H,6H2,(H,8,9,10). The fourth-order valence-corrected chi connectivity index (χ4v) is 7.83. The molecule has 0 radical (unpaired) electrons. The molecule has 0 aliphatic rings. The first-order chi connectivity index (χ1) is 29.9. The molecule has 16 nitrogen and oxygen atoms in total. The van der Waals surface area contributed by atoms with Crippen molar-refractivity contribution in [3.05, 3.63) is 143 Å². The summed E-state index contributed by atoms with van der Waals surface area (Å²) in [6.07, 6.45) is 4.03. The summed E-state index contributed by atoms with van der Waals surface area (Å²) in [5.41, 5.74) is 4.75. The van der Waals surface area contributed by atoms with Gasteiger partial charge in [-0.3, -0.25) is 0 Å². The molecule has 2 aromatic heterocycles. The molecule has 62 heavy (non-hydrogen) atoms. The van der Waals surface area contributed by atoms with E-state index in [2.05, 4.69) is 54.1 Å². The van der Waals surface area contributed by atoms with E-state index in [9.17, 15) is 25.9 Å². The van der Waals surface area contributed by atoms with E-state index in [0.717, 1.165) is 59.2 Å². The van der Waals surface area contributed by atoms with Crippen LogP contribution in [0.3, 0.4) is 0 Å². The van der Waals surface area contributed by atoms with Gasteiger partial charge in [0.15, 0.2) is 0 Å². The Balaban J connectivity index is 0.000000310. The Morgan fingerprint density at radius 1 is 0.532 bits per heavy atom. The predicted molar refractivity (Wildman–Crippen MR) is 240 cm³/mol. The van der Waals surface area contributed by atoms with Gasteiger partial charge in [0.25, 0.3) is 0 Å². The first kappa shape index (κ1) is 49.3. The average molecular weight is 923 g/mol. The maximum absolute atomic E-state index is 10.2. The fraction of sp³-hybridized carbons (Fsp3) is 0.286. The first-order valence-corrected chi connectivity index (χ1v) is 24.4. The second-order valence-electron chi connectivity index (χ2n) is 12.9. The third-order valence-electron chi connectivity index (χ3n) is 8.13. The van der Waals surface area contributed by atoms with Crippen molar-refractivity contribution in [3.8, 4) is 0 Å². The van der Waals surface area contributed by atoms with Crippen molar-refractivity contribution < 1.29 is 44.5 Å². The van der Waals surface area contributed by atoms with E-state index in [1.54, 1.807) is 83.3 Å². The van der Waals surface area contributed by atoms with Gasteiger partial charge in [0.1, 0.15) is 23.8 Å². The van der Waals surface area contributed by atoms with Crippen LogP contribution >= 0.6 is 22.7 Å². The largest absolute Gasteiger partial charge is 0.748 e. The van der Waals surface area contributed by atoms with E-state index in [1.165, 1.54) is 0 Å². The molecule has 6 rings (SSSR count). The number of hydrogen-bond donors (Lipinski definition) is 2. The van der Waals surface area contributed by atoms with Gasteiger partial charge < -0.3 is 29.2 Å². The van der Waals surface area contributed by atoms with Gasteiger partial charge in [-0.2, -0.15) is 0 Å². The third kappa shape index (κ3) is 20.5. The molecule has 2 heterocycles. The summed E-state index contributed by atoms with van der Waals surface area (Å²) in [5.74, 6) is -0.846.